The lowest BCUT2D eigenvalue weighted by Crippen LogP contribution is -2.57. The van der Waals surface area contributed by atoms with Crippen molar-refractivity contribution in [2.45, 2.75) is 24.7 Å². The Morgan fingerprint density at radius 1 is 1.36 bits per heavy atom. The lowest BCUT2D eigenvalue weighted by molar-refractivity contribution is 0.174. The van der Waals surface area contributed by atoms with Crippen LogP contribution in [0.4, 0.5) is 0 Å². The van der Waals surface area contributed by atoms with E-state index in [1.807, 2.05) is 4.90 Å². The van der Waals surface area contributed by atoms with Crippen molar-refractivity contribution in [1.82, 2.24) is 10.2 Å². The molecule has 28 heavy (non-hydrogen) atoms. The van der Waals surface area contributed by atoms with Crippen LogP contribution in [0.25, 0.3) is 0 Å². The molecule has 2 N–H and O–H groups in total. The van der Waals surface area contributed by atoms with Gasteiger partial charge in [0, 0.05) is 32.2 Å². The van der Waals surface area contributed by atoms with Crippen molar-refractivity contribution in [2.75, 3.05) is 46.7 Å². The van der Waals surface area contributed by atoms with E-state index in [1.54, 1.807) is 53.3 Å². The number of benzene rings is 1. The second-order valence-corrected chi connectivity index (χ2v) is 9.79. The molecular weight excluding hydrogens is 497 g/mol. The van der Waals surface area contributed by atoms with Crippen molar-refractivity contribution in [1.29, 1.82) is 0 Å². The van der Waals surface area contributed by atoms with Gasteiger partial charge in [-0.05, 0) is 32.0 Å². The normalized spacial score (nSPS) is 19.4. The van der Waals surface area contributed by atoms with E-state index < -0.39 is 20.7 Å². The van der Waals surface area contributed by atoms with Gasteiger partial charge in [0.2, 0.25) is 0 Å². The number of aliphatic imine (C=N–C) groups is 1. The number of methoxy groups -OCH3 is 2. The summed E-state index contributed by atoms with van der Waals surface area (Å²) in [5.41, 5.74) is 0.598. The number of halogens is 1. The van der Waals surface area contributed by atoms with E-state index in [9.17, 15) is 13.5 Å². The average Bonchev–Trinajstić information content (AvgIpc) is 2.64. The standard InChI is InChI=1S/C18H29N3O5S.HI/c1-18(2)12-21(8-9-27(18,23)24)17(19-3)20-11-15(22)14-10-13(25-4)6-7-16(14)26-5;/h6-7,10,15,22H,8-9,11-12H2,1-5H3,(H,19,20);1H. The highest BCUT2D eigenvalue weighted by Gasteiger charge is 2.41. The second kappa shape index (κ2) is 9.97. The number of aliphatic hydroxyl groups excluding tert-OH is 1. The maximum Gasteiger partial charge on any atom is 0.193 e. The molecule has 0 saturated carbocycles. The van der Waals surface area contributed by atoms with E-state index in [0.29, 0.717) is 36.1 Å². The zero-order chi connectivity index (χ0) is 20.2. The minimum atomic E-state index is -3.13. The Morgan fingerprint density at radius 3 is 2.57 bits per heavy atom. The van der Waals surface area contributed by atoms with Crippen molar-refractivity contribution >= 4 is 39.8 Å². The van der Waals surface area contributed by atoms with E-state index >= 15 is 0 Å². The molecule has 160 valence electrons. The van der Waals surface area contributed by atoms with Gasteiger partial charge in [-0.3, -0.25) is 4.99 Å². The molecule has 10 heteroatoms. The molecule has 1 unspecified atom stereocenters. The van der Waals surface area contributed by atoms with Crippen LogP contribution in [0.3, 0.4) is 0 Å². The van der Waals surface area contributed by atoms with Gasteiger partial charge in [0.15, 0.2) is 15.8 Å². The number of nitrogens with one attached hydrogen (secondary N) is 1. The lowest BCUT2D eigenvalue weighted by atomic mass is 10.1. The minimum absolute atomic E-state index is 0. The Bertz CT molecular complexity index is 798. The molecule has 1 atom stereocenters. The van der Waals surface area contributed by atoms with Gasteiger partial charge in [-0.25, -0.2) is 8.42 Å². The molecule has 0 aliphatic carbocycles. The van der Waals surface area contributed by atoms with Crippen LogP contribution in [0.2, 0.25) is 0 Å². The van der Waals surface area contributed by atoms with Crippen LogP contribution in [-0.4, -0.2) is 75.8 Å². The first-order valence-electron chi connectivity index (χ1n) is 8.73. The molecule has 0 amide bonds. The third-order valence-corrected chi connectivity index (χ3v) is 7.34. The van der Waals surface area contributed by atoms with E-state index in [2.05, 4.69) is 10.3 Å². The first kappa shape index (κ1) is 24.8. The molecule has 2 rings (SSSR count). The maximum absolute atomic E-state index is 12.2. The number of rotatable bonds is 5. The van der Waals surface area contributed by atoms with Crippen LogP contribution >= 0.6 is 24.0 Å². The molecule has 1 fully saturated rings. The summed E-state index contributed by atoms with van der Waals surface area (Å²) in [6, 6.07) is 5.23. The van der Waals surface area contributed by atoms with Crippen molar-refractivity contribution in [3.05, 3.63) is 23.8 Å². The molecule has 1 aliphatic heterocycles. The van der Waals surface area contributed by atoms with Gasteiger partial charge in [-0.2, -0.15) is 0 Å². The van der Waals surface area contributed by atoms with Gasteiger partial charge in [-0.15, -0.1) is 24.0 Å². The Balaban J connectivity index is 0.00000392. The van der Waals surface area contributed by atoms with Crippen LogP contribution < -0.4 is 14.8 Å². The average molecular weight is 527 g/mol. The van der Waals surface area contributed by atoms with Crippen molar-refractivity contribution in [3.8, 4) is 11.5 Å². The van der Waals surface area contributed by atoms with Crippen molar-refractivity contribution < 1.29 is 23.0 Å². The molecule has 0 radical (unpaired) electrons. The van der Waals surface area contributed by atoms with Crippen LogP contribution in [0.5, 0.6) is 11.5 Å². The van der Waals surface area contributed by atoms with Crippen LogP contribution in [0.1, 0.15) is 25.5 Å². The number of hydrogen-bond donors (Lipinski definition) is 2. The topological polar surface area (TPSA) is 100 Å². The van der Waals surface area contributed by atoms with Gasteiger partial charge in [-0.1, -0.05) is 0 Å². The molecule has 0 aromatic heterocycles. The van der Waals surface area contributed by atoms with Crippen LogP contribution in [0.15, 0.2) is 23.2 Å². The molecule has 1 aromatic carbocycles. The maximum atomic E-state index is 12.2. The van der Waals surface area contributed by atoms with E-state index in [1.165, 1.54) is 0 Å². The molecular formula is C18H30IN3O5S. The van der Waals surface area contributed by atoms with Gasteiger partial charge >= 0.3 is 0 Å². The van der Waals surface area contributed by atoms with Gasteiger partial charge < -0.3 is 24.8 Å². The summed E-state index contributed by atoms with van der Waals surface area (Å²) in [5.74, 6) is 1.81. The number of nitrogens with zero attached hydrogens (tertiary/aromatic N) is 2. The summed E-state index contributed by atoms with van der Waals surface area (Å²) in [6.45, 7) is 4.34. The molecule has 1 saturated heterocycles. The number of sulfone groups is 1. The molecule has 0 bridgehead atoms. The fraction of sp³-hybridized carbons (Fsp3) is 0.611. The lowest BCUT2D eigenvalue weighted by Gasteiger charge is -2.39. The minimum Gasteiger partial charge on any atom is -0.497 e. The smallest absolute Gasteiger partial charge is 0.193 e. The molecule has 1 aromatic rings. The number of hydrogen-bond acceptors (Lipinski definition) is 6. The highest BCUT2D eigenvalue weighted by atomic mass is 127. The van der Waals surface area contributed by atoms with E-state index in [-0.39, 0.29) is 36.3 Å². The fourth-order valence-electron chi connectivity index (χ4n) is 3.05. The summed E-state index contributed by atoms with van der Waals surface area (Å²) < 4.78 is 34.1. The third-order valence-electron chi connectivity index (χ3n) is 4.80. The van der Waals surface area contributed by atoms with Crippen LogP contribution in [0, 0.1) is 0 Å². The third kappa shape index (κ3) is 5.41. The summed E-state index contributed by atoms with van der Waals surface area (Å²) in [7, 11) is 1.61. The van der Waals surface area contributed by atoms with Gasteiger partial charge in [0.25, 0.3) is 0 Å². The Labute approximate surface area is 184 Å². The zero-order valence-corrected chi connectivity index (χ0v) is 20.1. The predicted octanol–water partition coefficient (Wildman–Crippen LogP) is 1.44. The number of aliphatic hydroxyl groups is 1. The second-order valence-electron chi connectivity index (χ2n) is 7.05. The summed E-state index contributed by atoms with van der Waals surface area (Å²) in [6.07, 6.45) is -0.853. The first-order chi connectivity index (χ1) is 12.6. The van der Waals surface area contributed by atoms with E-state index in [0.717, 1.165) is 0 Å². The molecule has 1 aliphatic rings. The fourth-order valence-corrected chi connectivity index (χ4v) is 4.42. The van der Waals surface area contributed by atoms with Gasteiger partial charge in [0.05, 0.1) is 30.8 Å². The Hall–Kier alpha value is -1.27. The monoisotopic (exact) mass is 527 g/mol. The van der Waals surface area contributed by atoms with Crippen molar-refractivity contribution in [3.63, 3.8) is 0 Å². The SMILES string of the molecule is CN=C(NCC(O)c1cc(OC)ccc1OC)N1CCS(=O)(=O)C(C)(C)C1.I. The number of ether oxygens (including phenoxy) is 2. The summed E-state index contributed by atoms with van der Waals surface area (Å²) >= 11 is 0. The van der Waals surface area contributed by atoms with E-state index in [4.69, 9.17) is 9.47 Å². The van der Waals surface area contributed by atoms with Gasteiger partial charge in [0.1, 0.15) is 11.5 Å². The summed E-state index contributed by atoms with van der Waals surface area (Å²) in [5, 5.41) is 13.7. The Kier molecular flexibility index (Phi) is 8.82. The quantitative estimate of drug-likeness (QED) is 0.340. The highest BCUT2D eigenvalue weighted by molar-refractivity contribution is 14.0. The first-order valence-corrected chi connectivity index (χ1v) is 10.4. The zero-order valence-electron chi connectivity index (χ0n) is 16.9. The number of guanidine groups is 1. The van der Waals surface area contributed by atoms with Crippen molar-refractivity contribution in [2.24, 2.45) is 4.99 Å². The van der Waals surface area contributed by atoms with Crippen LogP contribution in [-0.2, 0) is 9.84 Å². The molecule has 8 nitrogen and oxygen atoms in total. The summed E-state index contributed by atoms with van der Waals surface area (Å²) in [4.78, 5) is 6.14. The predicted molar refractivity (Wildman–Crippen MR) is 121 cm³/mol. The highest BCUT2D eigenvalue weighted by Crippen LogP contribution is 2.29. The largest absolute Gasteiger partial charge is 0.497 e. The molecule has 0 spiro atoms. The molecule has 1 heterocycles. The Morgan fingerprint density at radius 2 is 2.04 bits per heavy atom.